The summed E-state index contributed by atoms with van der Waals surface area (Å²) >= 11 is 2.94. The van der Waals surface area contributed by atoms with Crippen molar-refractivity contribution in [3.05, 3.63) is 70.7 Å². The highest BCUT2D eigenvalue weighted by atomic mass is 32.1. The number of carbonyl (C=O) groups excluding carboxylic acids is 1. The first-order valence-corrected chi connectivity index (χ1v) is 11.1. The lowest BCUT2D eigenvalue weighted by atomic mass is 10.4. The zero-order chi connectivity index (χ0) is 25.2. The van der Waals surface area contributed by atoms with Gasteiger partial charge in [-0.05, 0) is 22.9 Å². The summed E-state index contributed by atoms with van der Waals surface area (Å²) in [4.78, 5) is 39.2. The number of hydrogen-bond donors (Lipinski definition) is 2. The van der Waals surface area contributed by atoms with E-state index >= 15 is 0 Å². The molecular formula is C20H35N3O7S2. The van der Waals surface area contributed by atoms with Crippen LogP contribution in [0.4, 0.5) is 0 Å². The Morgan fingerprint density at radius 3 is 1.53 bits per heavy atom. The maximum atomic E-state index is 10.2. The lowest BCUT2D eigenvalue weighted by molar-refractivity contribution is -0.475. The second-order valence-corrected chi connectivity index (χ2v) is 6.32. The van der Waals surface area contributed by atoms with E-state index in [2.05, 4.69) is 0 Å². The predicted molar refractivity (Wildman–Crippen MR) is 133 cm³/mol. The van der Waals surface area contributed by atoms with Crippen molar-refractivity contribution in [2.24, 2.45) is 0 Å². The summed E-state index contributed by atoms with van der Waals surface area (Å²) in [7, 11) is 0. The van der Waals surface area contributed by atoms with Crippen LogP contribution in [0.3, 0.4) is 0 Å². The Morgan fingerprint density at radius 1 is 1.00 bits per heavy atom. The monoisotopic (exact) mass is 493 g/mol. The lowest BCUT2D eigenvalue weighted by Crippen LogP contribution is -1.92. The highest BCUT2D eigenvalue weighted by Gasteiger charge is 2.01. The van der Waals surface area contributed by atoms with Gasteiger partial charge in [0, 0.05) is 36.6 Å². The molecule has 2 aromatic heterocycles. The molecule has 2 rings (SSSR count). The van der Waals surface area contributed by atoms with Gasteiger partial charge in [0.25, 0.3) is 5.97 Å². The number of aldehydes is 1. The third-order valence-electron chi connectivity index (χ3n) is 2.10. The molecule has 12 heteroatoms. The van der Waals surface area contributed by atoms with Crippen molar-refractivity contribution in [1.82, 2.24) is 6.15 Å². The van der Waals surface area contributed by atoms with Crippen molar-refractivity contribution in [3.63, 3.8) is 0 Å². The molecule has 0 bridgehead atoms. The van der Waals surface area contributed by atoms with E-state index in [9.17, 15) is 25.0 Å². The summed E-state index contributed by atoms with van der Waals surface area (Å²) in [6, 6.07) is 7.35. The molecule has 32 heavy (non-hydrogen) atoms. The SMILES string of the molecule is C/C(=C/c1cccs1)[N+](=O)[O-].CC.CC.CC(=O)O.CC[N+](=O)[O-].N.O=Cc1cccs1. The first kappa shape index (κ1) is 39.5. The van der Waals surface area contributed by atoms with Crippen LogP contribution in [-0.2, 0) is 4.79 Å². The number of nitro groups is 2. The standard InChI is InChI=1S/C7H7NO2S.C5H4OS.C2H5NO2.C2H4O2.2C2H6.H3N/c1-6(8(9)10)5-7-3-2-4-11-7;6-4-5-2-1-3-7-5;1-2-3(4)5;1-2(3)4;2*1-2;/h2-5H,1H3;1-4H;2H2,1H3;1H3,(H,3,4);2*1-2H3;1H3/b6-5-;;;;;;. The number of carbonyl (C=O) groups is 2. The van der Waals surface area contributed by atoms with Gasteiger partial charge in [-0.1, -0.05) is 39.8 Å². The van der Waals surface area contributed by atoms with Gasteiger partial charge in [0.05, 0.1) is 9.80 Å². The van der Waals surface area contributed by atoms with Crippen LogP contribution in [0.2, 0.25) is 0 Å². The lowest BCUT2D eigenvalue weighted by Gasteiger charge is -1.86. The second-order valence-electron chi connectivity index (χ2n) is 4.36. The number of carboxylic acids is 1. The van der Waals surface area contributed by atoms with Crippen LogP contribution < -0.4 is 6.15 Å². The molecule has 2 heterocycles. The maximum absolute atomic E-state index is 10.2. The maximum Gasteiger partial charge on any atom is 0.300 e. The molecule has 0 aliphatic carbocycles. The molecule has 184 valence electrons. The molecule has 0 atom stereocenters. The van der Waals surface area contributed by atoms with E-state index in [0.29, 0.717) is 0 Å². The molecule has 0 saturated heterocycles. The molecule has 2 aromatic rings. The van der Waals surface area contributed by atoms with Gasteiger partial charge in [-0.3, -0.25) is 29.8 Å². The first-order chi connectivity index (χ1) is 14.6. The van der Waals surface area contributed by atoms with E-state index < -0.39 is 5.97 Å². The Bertz CT molecular complexity index is 714. The zero-order valence-electron chi connectivity index (χ0n) is 19.6. The topological polar surface area (TPSA) is 176 Å². The molecule has 0 spiro atoms. The second kappa shape index (κ2) is 30.2. The van der Waals surface area contributed by atoms with Crippen LogP contribution in [0.25, 0.3) is 6.08 Å². The van der Waals surface area contributed by atoms with Gasteiger partial charge in [-0.2, -0.15) is 0 Å². The number of allylic oxidation sites excluding steroid dienone is 1. The van der Waals surface area contributed by atoms with E-state index in [0.717, 1.165) is 23.0 Å². The summed E-state index contributed by atoms with van der Waals surface area (Å²) < 4.78 is 0. The third kappa shape index (κ3) is 34.5. The van der Waals surface area contributed by atoms with Crippen LogP contribution in [0.15, 0.2) is 40.7 Å². The fraction of sp³-hybridized carbons (Fsp3) is 0.400. The summed E-state index contributed by atoms with van der Waals surface area (Å²) in [6.07, 6.45) is 2.41. The van der Waals surface area contributed by atoms with Gasteiger partial charge in [-0.15, -0.1) is 22.7 Å². The van der Waals surface area contributed by atoms with Crippen LogP contribution in [0.1, 0.15) is 63.0 Å². The van der Waals surface area contributed by atoms with Crippen LogP contribution in [0.5, 0.6) is 0 Å². The highest BCUT2D eigenvalue weighted by Crippen LogP contribution is 2.12. The normalized spacial score (nSPS) is 8.16. The summed E-state index contributed by atoms with van der Waals surface area (Å²) in [5.74, 6) is -0.833. The van der Waals surface area contributed by atoms with Crippen molar-refractivity contribution in [1.29, 1.82) is 0 Å². The van der Waals surface area contributed by atoms with Crippen LogP contribution >= 0.6 is 22.7 Å². The van der Waals surface area contributed by atoms with Crippen LogP contribution in [-0.4, -0.2) is 33.8 Å². The fourth-order valence-electron chi connectivity index (χ4n) is 0.990. The Hall–Kier alpha value is -2.96. The van der Waals surface area contributed by atoms with Crippen molar-refractivity contribution in [2.75, 3.05) is 6.54 Å². The molecular weight excluding hydrogens is 458 g/mol. The van der Waals surface area contributed by atoms with Gasteiger partial charge in [0.2, 0.25) is 12.2 Å². The molecule has 0 unspecified atom stereocenters. The Balaban J connectivity index is -0.000000101. The molecule has 0 fully saturated rings. The van der Waals surface area contributed by atoms with Gasteiger partial charge in [0.1, 0.15) is 0 Å². The minimum absolute atomic E-state index is 0. The van der Waals surface area contributed by atoms with Gasteiger partial charge in [0.15, 0.2) is 6.29 Å². The molecule has 0 aromatic carbocycles. The summed E-state index contributed by atoms with van der Waals surface area (Å²) in [6.45, 7) is 12.1. The molecule has 0 aliphatic heterocycles. The molecule has 0 amide bonds. The van der Waals surface area contributed by atoms with Gasteiger partial charge in [-0.25, -0.2) is 0 Å². The summed E-state index contributed by atoms with van der Waals surface area (Å²) in [5.41, 5.74) is 0.174. The summed E-state index contributed by atoms with van der Waals surface area (Å²) in [5, 5.41) is 30.5. The number of nitrogens with zero attached hydrogens (tertiary/aromatic N) is 2. The van der Waals surface area contributed by atoms with Crippen molar-refractivity contribution >= 4 is 41.0 Å². The third-order valence-corrected chi connectivity index (χ3v) is 3.72. The fourth-order valence-corrected chi connectivity index (χ4v) is 2.23. The molecule has 0 saturated carbocycles. The Kier molecular flexibility index (Phi) is 37.3. The Morgan fingerprint density at radius 2 is 1.34 bits per heavy atom. The van der Waals surface area contributed by atoms with Crippen molar-refractivity contribution < 1.29 is 24.5 Å². The molecule has 4 N–H and O–H groups in total. The van der Waals surface area contributed by atoms with E-state index in [4.69, 9.17) is 9.90 Å². The number of carboxylic acid groups (broad SMARTS) is 1. The number of hydrogen-bond acceptors (Lipinski definition) is 9. The minimum Gasteiger partial charge on any atom is -0.481 e. The quantitative estimate of drug-likeness (QED) is 0.274. The van der Waals surface area contributed by atoms with Crippen molar-refractivity contribution in [3.8, 4) is 0 Å². The predicted octanol–water partition coefficient (Wildman–Crippen LogP) is 6.53. The smallest absolute Gasteiger partial charge is 0.300 e. The first-order valence-electron chi connectivity index (χ1n) is 9.30. The number of rotatable bonds is 4. The highest BCUT2D eigenvalue weighted by molar-refractivity contribution is 7.11. The minimum atomic E-state index is -0.833. The largest absolute Gasteiger partial charge is 0.481 e. The molecule has 0 radical (unpaired) electrons. The molecule has 10 nitrogen and oxygen atoms in total. The molecule has 0 aliphatic rings. The van der Waals surface area contributed by atoms with E-state index in [1.54, 1.807) is 12.1 Å². The van der Waals surface area contributed by atoms with Gasteiger partial charge >= 0.3 is 0 Å². The number of thiophene rings is 2. The van der Waals surface area contributed by atoms with Crippen LogP contribution in [0, 0.1) is 20.2 Å². The zero-order valence-corrected chi connectivity index (χ0v) is 21.3. The van der Waals surface area contributed by atoms with Crippen molar-refractivity contribution in [2.45, 2.75) is 48.5 Å². The van der Waals surface area contributed by atoms with Gasteiger partial charge < -0.3 is 11.3 Å². The average molecular weight is 494 g/mol. The number of aliphatic carboxylic acids is 1. The van der Waals surface area contributed by atoms with E-state index in [-0.39, 0.29) is 28.2 Å². The van der Waals surface area contributed by atoms with E-state index in [1.165, 1.54) is 36.5 Å². The van der Waals surface area contributed by atoms with E-state index in [1.807, 2.05) is 56.7 Å². The average Bonchev–Trinajstić information content (AvgIpc) is 3.45. The Labute approximate surface area is 197 Å².